The van der Waals surface area contributed by atoms with Gasteiger partial charge in [-0.3, -0.25) is 9.79 Å². The second-order valence-corrected chi connectivity index (χ2v) is 9.15. The SMILES string of the molecule is CCC(CC)(C(=O)N[C@H](CCl)C(C)C)C1=N[C@@H](C(C)C)CN1c1ccc(OC)cc1. The minimum absolute atomic E-state index is 0.0218. The van der Waals surface area contributed by atoms with Crippen LogP contribution in [0, 0.1) is 17.3 Å². The smallest absolute Gasteiger partial charge is 0.234 e. The van der Waals surface area contributed by atoms with Gasteiger partial charge in [-0.25, -0.2) is 0 Å². The first-order valence-electron chi connectivity index (χ1n) is 11.1. The molecule has 1 amide bonds. The van der Waals surface area contributed by atoms with Gasteiger partial charge in [0.25, 0.3) is 0 Å². The first kappa shape index (κ1) is 24.5. The highest BCUT2D eigenvalue weighted by Gasteiger charge is 2.47. The number of amides is 1. The third kappa shape index (κ3) is 4.93. The summed E-state index contributed by atoms with van der Waals surface area (Å²) in [6.07, 6.45) is 1.36. The number of ether oxygens (including phenoxy) is 1. The van der Waals surface area contributed by atoms with Gasteiger partial charge in [0.15, 0.2) is 0 Å². The second-order valence-electron chi connectivity index (χ2n) is 8.84. The number of nitrogens with zero attached hydrogens (tertiary/aromatic N) is 2. The topological polar surface area (TPSA) is 53.9 Å². The average molecular weight is 436 g/mol. The Morgan fingerprint density at radius 1 is 1.23 bits per heavy atom. The summed E-state index contributed by atoms with van der Waals surface area (Å²) in [4.78, 5) is 21.0. The number of hydrogen-bond donors (Lipinski definition) is 1. The summed E-state index contributed by atoms with van der Waals surface area (Å²) < 4.78 is 5.32. The molecule has 1 aromatic rings. The first-order valence-corrected chi connectivity index (χ1v) is 11.6. The lowest BCUT2D eigenvalue weighted by atomic mass is 9.78. The number of rotatable bonds is 10. The van der Waals surface area contributed by atoms with Crippen molar-refractivity contribution in [2.45, 2.75) is 66.5 Å². The minimum Gasteiger partial charge on any atom is -0.497 e. The number of methoxy groups -OCH3 is 1. The number of halogens is 1. The van der Waals surface area contributed by atoms with E-state index >= 15 is 0 Å². The predicted octanol–water partition coefficient (Wildman–Crippen LogP) is 5.12. The molecule has 1 heterocycles. The molecule has 5 nitrogen and oxygen atoms in total. The van der Waals surface area contributed by atoms with E-state index in [1.165, 1.54) is 0 Å². The van der Waals surface area contributed by atoms with E-state index in [4.69, 9.17) is 21.3 Å². The molecule has 0 saturated carbocycles. The monoisotopic (exact) mass is 435 g/mol. The molecule has 0 fully saturated rings. The molecule has 0 aromatic heterocycles. The lowest BCUT2D eigenvalue weighted by molar-refractivity contribution is -0.128. The highest BCUT2D eigenvalue weighted by molar-refractivity contribution is 6.19. The quantitative estimate of drug-likeness (QED) is 0.518. The third-order valence-electron chi connectivity index (χ3n) is 6.42. The minimum atomic E-state index is -0.692. The van der Waals surface area contributed by atoms with Crippen molar-refractivity contribution in [3.8, 4) is 5.75 Å². The van der Waals surface area contributed by atoms with E-state index < -0.39 is 5.41 Å². The molecular formula is C24H38ClN3O2. The fraction of sp³-hybridized carbons (Fsp3) is 0.667. The molecular weight excluding hydrogens is 398 g/mol. The Morgan fingerprint density at radius 2 is 1.83 bits per heavy atom. The van der Waals surface area contributed by atoms with Crippen LogP contribution in [0.5, 0.6) is 5.75 Å². The predicted molar refractivity (Wildman–Crippen MR) is 127 cm³/mol. The maximum Gasteiger partial charge on any atom is 0.234 e. The van der Waals surface area contributed by atoms with E-state index in [9.17, 15) is 4.79 Å². The maximum absolute atomic E-state index is 13.6. The van der Waals surface area contributed by atoms with Crippen molar-refractivity contribution in [3.63, 3.8) is 0 Å². The molecule has 6 heteroatoms. The Labute approximate surface area is 187 Å². The number of amidine groups is 1. The van der Waals surface area contributed by atoms with Gasteiger partial charge in [-0.15, -0.1) is 11.6 Å². The van der Waals surface area contributed by atoms with Crippen LogP contribution in [0.15, 0.2) is 29.3 Å². The Kier molecular flexibility index (Phi) is 8.60. The van der Waals surface area contributed by atoms with E-state index in [1.54, 1.807) is 7.11 Å². The van der Waals surface area contributed by atoms with Gasteiger partial charge in [-0.05, 0) is 48.9 Å². The zero-order valence-electron chi connectivity index (χ0n) is 19.5. The van der Waals surface area contributed by atoms with Gasteiger partial charge >= 0.3 is 0 Å². The van der Waals surface area contributed by atoms with E-state index in [0.29, 0.717) is 24.6 Å². The van der Waals surface area contributed by atoms with Crippen LogP contribution in [-0.4, -0.2) is 43.4 Å². The van der Waals surface area contributed by atoms with Crippen molar-refractivity contribution in [2.24, 2.45) is 22.2 Å². The summed E-state index contributed by atoms with van der Waals surface area (Å²) in [5, 5.41) is 3.22. The van der Waals surface area contributed by atoms with Gasteiger partial charge < -0.3 is 15.0 Å². The summed E-state index contributed by atoms with van der Waals surface area (Å²) in [7, 11) is 1.66. The van der Waals surface area contributed by atoms with Gasteiger partial charge in [-0.1, -0.05) is 41.5 Å². The summed E-state index contributed by atoms with van der Waals surface area (Å²) in [6, 6.07) is 8.09. The molecule has 168 valence electrons. The summed E-state index contributed by atoms with van der Waals surface area (Å²) >= 11 is 6.15. The van der Waals surface area contributed by atoms with Crippen LogP contribution in [0.4, 0.5) is 5.69 Å². The average Bonchev–Trinajstić information content (AvgIpc) is 3.19. The number of hydrogen-bond acceptors (Lipinski definition) is 4. The van der Waals surface area contributed by atoms with Crippen LogP contribution < -0.4 is 15.0 Å². The molecule has 30 heavy (non-hydrogen) atoms. The molecule has 0 bridgehead atoms. The van der Waals surface area contributed by atoms with Crippen molar-refractivity contribution in [1.82, 2.24) is 5.32 Å². The third-order valence-corrected chi connectivity index (χ3v) is 6.76. The van der Waals surface area contributed by atoms with Gasteiger partial charge in [0.2, 0.25) is 5.91 Å². The summed E-state index contributed by atoms with van der Waals surface area (Å²) in [5.74, 6) is 2.76. The molecule has 0 unspecified atom stereocenters. The zero-order chi connectivity index (χ0) is 22.5. The normalized spacial score (nSPS) is 18.0. The van der Waals surface area contributed by atoms with Crippen molar-refractivity contribution >= 4 is 29.0 Å². The lowest BCUT2D eigenvalue weighted by Gasteiger charge is -2.37. The van der Waals surface area contributed by atoms with Gasteiger partial charge in [-0.2, -0.15) is 0 Å². The first-order chi connectivity index (χ1) is 14.2. The van der Waals surface area contributed by atoms with Crippen LogP contribution in [-0.2, 0) is 4.79 Å². The number of aliphatic imine (C=N–C) groups is 1. The number of alkyl halides is 1. The van der Waals surface area contributed by atoms with Crippen LogP contribution in [0.25, 0.3) is 0 Å². The second kappa shape index (κ2) is 10.5. The molecule has 0 spiro atoms. The Morgan fingerprint density at radius 3 is 2.27 bits per heavy atom. The maximum atomic E-state index is 13.6. The van der Waals surface area contributed by atoms with Crippen LogP contribution in [0.1, 0.15) is 54.4 Å². The zero-order valence-corrected chi connectivity index (χ0v) is 20.3. The van der Waals surface area contributed by atoms with Gasteiger partial charge in [0.05, 0.1) is 13.2 Å². The molecule has 1 N–H and O–H groups in total. The van der Waals surface area contributed by atoms with E-state index in [1.807, 2.05) is 24.3 Å². The van der Waals surface area contributed by atoms with E-state index in [2.05, 4.69) is 51.8 Å². The van der Waals surface area contributed by atoms with Gasteiger partial charge in [0, 0.05) is 24.2 Å². The fourth-order valence-corrected chi connectivity index (χ4v) is 4.39. The standard InChI is InChI=1S/C24H38ClN3O2/c1-8-24(9-2,23(29)27-20(14-25)16(3)4)22-26-21(17(5)6)15-28(22)18-10-12-19(30-7)13-11-18/h10-13,16-17,20-21H,8-9,14-15H2,1-7H3,(H,27,29)/t20-,21-/m1/s1. The molecule has 1 aliphatic rings. The number of nitrogens with one attached hydrogen (secondary N) is 1. The molecule has 0 radical (unpaired) electrons. The van der Waals surface area contributed by atoms with Crippen molar-refractivity contribution in [3.05, 3.63) is 24.3 Å². The number of carbonyl (C=O) groups excluding carboxylic acids is 1. The Bertz CT molecular complexity index is 726. The molecule has 0 saturated heterocycles. The molecule has 1 aliphatic heterocycles. The molecule has 2 rings (SSSR count). The largest absolute Gasteiger partial charge is 0.497 e. The lowest BCUT2D eigenvalue weighted by Crippen LogP contribution is -2.54. The summed E-state index contributed by atoms with van der Waals surface area (Å²) in [6.45, 7) is 13.5. The Balaban J connectivity index is 2.48. The molecule has 0 aliphatic carbocycles. The van der Waals surface area contributed by atoms with E-state index in [-0.39, 0.29) is 23.9 Å². The number of benzene rings is 1. The van der Waals surface area contributed by atoms with Crippen molar-refractivity contribution < 1.29 is 9.53 Å². The van der Waals surface area contributed by atoms with Gasteiger partial charge in [0.1, 0.15) is 17.0 Å². The summed E-state index contributed by atoms with van der Waals surface area (Å²) in [5.41, 5.74) is 0.345. The number of carbonyl (C=O) groups is 1. The van der Waals surface area contributed by atoms with Crippen molar-refractivity contribution in [2.75, 3.05) is 24.4 Å². The highest BCUT2D eigenvalue weighted by atomic mass is 35.5. The van der Waals surface area contributed by atoms with Crippen LogP contribution in [0.3, 0.4) is 0 Å². The van der Waals surface area contributed by atoms with Crippen LogP contribution in [0.2, 0.25) is 0 Å². The highest BCUT2D eigenvalue weighted by Crippen LogP contribution is 2.37. The molecule has 2 atom stereocenters. The van der Waals surface area contributed by atoms with Crippen LogP contribution >= 0.6 is 11.6 Å². The fourth-order valence-electron chi connectivity index (χ4n) is 3.95. The van der Waals surface area contributed by atoms with Crippen molar-refractivity contribution in [1.29, 1.82) is 0 Å². The molecule has 1 aromatic carbocycles. The van der Waals surface area contributed by atoms with E-state index in [0.717, 1.165) is 23.8 Å². The Hall–Kier alpha value is -1.75. The number of anilines is 1.